The first-order valence-electron chi connectivity index (χ1n) is 29.1. The highest BCUT2D eigenvalue weighted by Gasteiger charge is 2.19. The van der Waals surface area contributed by atoms with Crippen LogP contribution in [0, 0.1) is 0 Å². The number of hydrogen-bond acceptors (Lipinski definition) is 6. The fourth-order valence-corrected chi connectivity index (χ4v) is 7.65. The second-order valence-corrected chi connectivity index (χ2v) is 18.8. The van der Waals surface area contributed by atoms with Crippen LogP contribution in [0.15, 0.2) is 122 Å². The van der Waals surface area contributed by atoms with Crippen LogP contribution in [-0.2, 0) is 28.6 Å². The first-order chi connectivity index (χ1) is 35.0. The Hall–Kier alpha value is -4.19. The van der Waals surface area contributed by atoms with Gasteiger partial charge in [0.1, 0.15) is 13.2 Å². The van der Waals surface area contributed by atoms with E-state index in [2.05, 4.69) is 142 Å². The highest BCUT2D eigenvalue weighted by molar-refractivity contribution is 5.71. The summed E-state index contributed by atoms with van der Waals surface area (Å²) in [4.78, 5) is 38.2. The summed E-state index contributed by atoms with van der Waals surface area (Å²) in [6, 6.07) is 0. The van der Waals surface area contributed by atoms with Crippen LogP contribution in [-0.4, -0.2) is 37.2 Å². The molecule has 0 amide bonds. The first kappa shape index (κ1) is 66.8. The molecule has 0 heterocycles. The molecule has 0 N–H and O–H groups in total. The van der Waals surface area contributed by atoms with Gasteiger partial charge in [0.2, 0.25) is 0 Å². The molecule has 6 nitrogen and oxygen atoms in total. The van der Waals surface area contributed by atoms with E-state index in [1.54, 1.807) is 0 Å². The van der Waals surface area contributed by atoms with Crippen LogP contribution in [0.25, 0.3) is 0 Å². The van der Waals surface area contributed by atoms with Crippen molar-refractivity contribution < 1.29 is 28.6 Å². The Balaban J connectivity index is 4.48. The minimum absolute atomic E-state index is 0.0977. The summed E-state index contributed by atoms with van der Waals surface area (Å²) in [6.45, 7) is 6.35. The SMILES string of the molecule is CC/C=C\C/C=C\C/C=C\C/C=C\CCCCCCCCC(=O)OCC(COC(=O)CCCCCCCC/C=C\C=C/CCCCC)OC(=O)CCCCCCCC/C=C\C/C=C\C/C=C\C/C=C\CC. The maximum Gasteiger partial charge on any atom is 0.306 e. The fraction of sp³-hybridized carbons (Fsp3) is 0.646. The van der Waals surface area contributed by atoms with Gasteiger partial charge in [0, 0.05) is 19.3 Å². The highest BCUT2D eigenvalue weighted by atomic mass is 16.6. The first-order valence-corrected chi connectivity index (χ1v) is 29.1. The lowest BCUT2D eigenvalue weighted by atomic mass is 10.1. The summed E-state index contributed by atoms with van der Waals surface area (Å²) in [5, 5.41) is 0. The quantitative estimate of drug-likeness (QED) is 0.0199. The summed E-state index contributed by atoms with van der Waals surface area (Å²) >= 11 is 0. The van der Waals surface area contributed by atoms with E-state index in [9.17, 15) is 14.4 Å². The second-order valence-electron chi connectivity index (χ2n) is 18.8. The molecule has 0 radical (unpaired) electrons. The molecular weight excluding hydrogens is 877 g/mol. The molecule has 0 aliphatic heterocycles. The van der Waals surface area contributed by atoms with Gasteiger partial charge < -0.3 is 14.2 Å². The van der Waals surface area contributed by atoms with Crippen molar-refractivity contribution in [3.05, 3.63) is 122 Å². The minimum Gasteiger partial charge on any atom is -0.462 e. The molecule has 0 aliphatic carbocycles. The zero-order chi connectivity index (χ0) is 51.4. The average Bonchev–Trinajstić information content (AvgIpc) is 3.37. The number of esters is 3. The van der Waals surface area contributed by atoms with Crippen molar-refractivity contribution in [3.8, 4) is 0 Å². The van der Waals surface area contributed by atoms with Crippen LogP contribution in [0.1, 0.15) is 252 Å². The van der Waals surface area contributed by atoms with Crippen molar-refractivity contribution in [1.29, 1.82) is 0 Å². The zero-order valence-electron chi connectivity index (χ0n) is 45.9. The van der Waals surface area contributed by atoms with Gasteiger partial charge in [-0.2, -0.15) is 0 Å². The summed E-state index contributed by atoms with van der Waals surface area (Å²) in [6.07, 6.45) is 80.3. The Morgan fingerprint density at radius 3 is 0.944 bits per heavy atom. The second kappa shape index (κ2) is 58.4. The summed E-state index contributed by atoms with van der Waals surface area (Å²) in [5.41, 5.74) is 0. The molecule has 0 aromatic rings. The fourth-order valence-electron chi connectivity index (χ4n) is 7.65. The van der Waals surface area contributed by atoms with Gasteiger partial charge in [-0.25, -0.2) is 0 Å². The lowest BCUT2D eigenvalue weighted by molar-refractivity contribution is -0.167. The van der Waals surface area contributed by atoms with E-state index >= 15 is 0 Å². The number of carbonyl (C=O) groups is 3. The highest BCUT2D eigenvalue weighted by Crippen LogP contribution is 2.14. The Labute approximate surface area is 437 Å². The van der Waals surface area contributed by atoms with Gasteiger partial charge in [0.25, 0.3) is 0 Å². The van der Waals surface area contributed by atoms with Gasteiger partial charge in [-0.1, -0.05) is 232 Å². The predicted octanol–water partition coefficient (Wildman–Crippen LogP) is 19.6. The monoisotopic (exact) mass is 983 g/mol. The molecule has 0 saturated heterocycles. The smallest absolute Gasteiger partial charge is 0.306 e. The molecule has 0 rings (SSSR count). The molecule has 0 aromatic heterocycles. The molecular formula is C65H106O6. The number of ether oxygens (including phenoxy) is 3. The number of rotatable bonds is 51. The number of carbonyl (C=O) groups excluding carboxylic acids is 3. The predicted molar refractivity (Wildman–Crippen MR) is 306 cm³/mol. The van der Waals surface area contributed by atoms with Gasteiger partial charge in [-0.3, -0.25) is 14.4 Å². The Bertz CT molecular complexity index is 1500. The van der Waals surface area contributed by atoms with E-state index in [4.69, 9.17) is 14.2 Å². The lowest BCUT2D eigenvalue weighted by Crippen LogP contribution is -2.30. The molecule has 1 atom stereocenters. The molecule has 0 spiro atoms. The topological polar surface area (TPSA) is 78.9 Å². The van der Waals surface area contributed by atoms with E-state index in [0.717, 1.165) is 141 Å². The molecule has 6 heteroatoms. The molecule has 71 heavy (non-hydrogen) atoms. The van der Waals surface area contributed by atoms with Crippen LogP contribution < -0.4 is 0 Å². The van der Waals surface area contributed by atoms with Gasteiger partial charge in [-0.05, 0) is 122 Å². The van der Waals surface area contributed by atoms with Crippen molar-refractivity contribution in [2.24, 2.45) is 0 Å². The third-order valence-corrected chi connectivity index (χ3v) is 12.0. The van der Waals surface area contributed by atoms with Gasteiger partial charge in [-0.15, -0.1) is 0 Å². The van der Waals surface area contributed by atoms with Crippen molar-refractivity contribution in [2.75, 3.05) is 13.2 Å². The van der Waals surface area contributed by atoms with Crippen LogP contribution in [0.2, 0.25) is 0 Å². The lowest BCUT2D eigenvalue weighted by Gasteiger charge is -2.18. The number of allylic oxidation sites excluding steroid dienone is 20. The van der Waals surface area contributed by atoms with Crippen molar-refractivity contribution in [2.45, 2.75) is 258 Å². The van der Waals surface area contributed by atoms with E-state index in [1.165, 1.54) is 70.6 Å². The molecule has 0 fully saturated rings. The Morgan fingerprint density at radius 2 is 0.592 bits per heavy atom. The summed E-state index contributed by atoms with van der Waals surface area (Å²) in [7, 11) is 0. The van der Waals surface area contributed by atoms with Crippen LogP contribution >= 0.6 is 0 Å². The molecule has 0 bridgehead atoms. The third-order valence-electron chi connectivity index (χ3n) is 12.0. The van der Waals surface area contributed by atoms with E-state index in [1.807, 2.05) is 0 Å². The Morgan fingerprint density at radius 1 is 0.310 bits per heavy atom. The van der Waals surface area contributed by atoms with Crippen molar-refractivity contribution >= 4 is 17.9 Å². The van der Waals surface area contributed by atoms with E-state index < -0.39 is 6.10 Å². The zero-order valence-corrected chi connectivity index (χ0v) is 45.9. The van der Waals surface area contributed by atoms with Crippen LogP contribution in [0.5, 0.6) is 0 Å². The normalized spacial score (nSPS) is 13.0. The minimum atomic E-state index is -0.801. The van der Waals surface area contributed by atoms with Gasteiger partial charge in [0.15, 0.2) is 6.10 Å². The number of hydrogen-bond donors (Lipinski definition) is 0. The van der Waals surface area contributed by atoms with Crippen molar-refractivity contribution in [3.63, 3.8) is 0 Å². The van der Waals surface area contributed by atoms with Crippen molar-refractivity contribution in [1.82, 2.24) is 0 Å². The summed E-state index contributed by atoms with van der Waals surface area (Å²) in [5.74, 6) is -0.937. The van der Waals surface area contributed by atoms with E-state index in [-0.39, 0.29) is 31.1 Å². The molecule has 0 aliphatic rings. The maximum atomic E-state index is 12.9. The van der Waals surface area contributed by atoms with Crippen LogP contribution in [0.4, 0.5) is 0 Å². The Kier molecular flexibility index (Phi) is 54.9. The third kappa shape index (κ3) is 56.6. The molecule has 402 valence electrons. The van der Waals surface area contributed by atoms with Crippen LogP contribution in [0.3, 0.4) is 0 Å². The standard InChI is InChI=1S/C65H106O6/c1-4-7-10-13-16-19-22-25-28-30-32-34-37-40-43-46-49-52-55-58-64(67)70-61-62(60-69-63(66)57-54-51-48-45-42-39-36-27-24-21-18-15-12-9-6-3)71-65(68)59-56-53-50-47-44-41-38-35-33-31-29-26-23-20-17-14-11-8-5-2/h7-8,10-11,16-21,24-29,32-35,62H,4-6,9,12-15,22-23,30-31,36-61H2,1-3H3/b10-7-,11-8-,19-16-,20-17-,21-18-,27-24-,28-25-,29-26-,34-32-,35-33-. The van der Waals surface area contributed by atoms with E-state index in [0.29, 0.717) is 19.3 Å². The summed E-state index contributed by atoms with van der Waals surface area (Å²) < 4.78 is 16.9. The van der Waals surface area contributed by atoms with Gasteiger partial charge >= 0.3 is 17.9 Å². The molecule has 1 unspecified atom stereocenters. The molecule has 0 saturated carbocycles. The largest absolute Gasteiger partial charge is 0.462 e. The number of unbranched alkanes of at least 4 members (excludes halogenated alkanes) is 21. The maximum absolute atomic E-state index is 12.9. The van der Waals surface area contributed by atoms with Gasteiger partial charge in [0.05, 0.1) is 0 Å². The molecule has 0 aromatic carbocycles. The average molecular weight is 984 g/mol.